The molecule has 0 radical (unpaired) electrons. The van der Waals surface area contributed by atoms with Gasteiger partial charge in [-0.05, 0) is 50.6 Å². The number of sulfonamides is 1. The second-order valence-corrected chi connectivity index (χ2v) is 8.21. The predicted octanol–water partition coefficient (Wildman–Crippen LogP) is 3.68. The molecule has 0 N–H and O–H groups in total. The summed E-state index contributed by atoms with van der Waals surface area (Å²) in [4.78, 5) is 0.268. The van der Waals surface area contributed by atoms with E-state index >= 15 is 0 Å². The fourth-order valence-electron chi connectivity index (χ4n) is 2.31. The monoisotopic (exact) mass is 333 g/mol. The number of benzene rings is 2. The Kier molecular flexibility index (Phi) is 5.12. The molecule has 0 saturated carbocycles. The molecule has 0 saturated heterocycles. The molecule has 2 aromatic carbocycles. The van der Waals surface area contributed by atoms with Gasteiger partial charge in [0.15, 0.2) is 0 Å². The van der Waals surface area contributed by atoms with E-state index in [2.05, 4.69) is 0 Å². The molecular weight excluding hydrogens is 310 g/mol. The van der Waals surface area contributed by atoms with Crippen molar-refractivity contribution in [2.75, 3.05) is 7.11 Å². The van der Waals surface area contributed by atoms with Gasteiger partial charge in [-0.25, -0.2) is 8.42 Å². The minimum Gasteiger partial charge on any atom is -0.497 e. The third-order valence-electron chi connectivity index (χ3n) is 3.56. The first-order chi connectivity index (χ1) is 10.7. The molecule has 0 aliphatic heterocycles. The third kappa shape index (κ3) is 4.12. The third-order valence-corrected chi connectivity index (χ3v) is 5.69. The summed E-state index contributed by atoms with van der Waals surface area (Å²) in [6.07, 6.45) is 0. The first kappa shape index (κ1) is 17.5. The van der Waals surface area contributed by atoms with Crippen molar-refractivity contribution in [3.63, 3.8) is 0 Å². The maximum Gasteiger partial charge on any atom is 0.243 e. The van der Waals surface area contributed by atoms with Gasteiger partial charge in [0, 0.05) is 12.1 Å². The maximum atomic E-state index is 13.1. The van der Waals surface area contributed by atoms with Gasteiger partial charge in [0.25, 0.3) is 0 Å². The van der Waals surface area contributed by atoms with Crippen LogP contribution in [0.4, 0.5) is 0 Å². The topological polar surface area (TPSA) is 46.6 Å². The van der Waals surface area contributed by atoms with Crippen LogP contribution >= 0.6 is 0 Å². The van der Waals surface area contributed by atoms with E-state index in [1.165, 1.54) is 4.31 Å². The van der Waals surface area contributed by atoms with Crippen molar-refractivity contribution in [3.8, 4) is 5.75 Å². The van der Waals surface area contributed by atoms with Gasteiger partial charge in [0.05, 0.1) is 12.0 Å². The molecule has 23 heavy (non-hydrogen) atoms. The lowest BCUT2D eigenvalue weighted by molar-refractivity contribution is 0.242. The number of hydrogen-bond donors (Lipinski definition) is 0. The fourth-order valence-corrected chi connectivity index (χ4v) is 4.08. The molecule has 0 aromatic heterocycles. The SMILES string of the molecule is COc1ccc(S(=O)(=O)N(Cc2ccccc2)C(C)(C)C)cc1. The van der Waals surface area contributed by atoms with E-state index in [1.54, 1.807) is 31.4 Å². The summed E-state index contributed by atoms with van der Waals surface area (Å²) in [6.45, 7) is 6.03. The van der Waals surface area contributed by atoms with Gasteiger partial charge >= 0.3 is 0 Å². The van der Waals surface area contributed by atoms with Crippen LogP contribution in [0.15, 0.2) is 59.5 Å². The Morgan fingerprint density at radius 1 is 0.957 bits per heavy atom. The Bertz CT molecular complexity index is 732. The Hall–Kier alpha value is -1.85. The lowest BCUT2D eigenvalue weighted by atomic mass is 10.1. The molecule has 0 amide bonds. The highest BCUT2D eigenvalue weighted by molar-refractivity contribution is 7.89. The Labute approximate surface area is 138 Å². The second-order valence-electron chi connectivity index (χ2n) is 6.34. The van der Waals surface area contributed by atoms with Crippen LogP contribution in [0.5, 0.6) is 5.75 Å². The van der Waals surface area contributed by atoms with Crippen LogP contribution in [0.3, 0.4) is 0 Å². The Morgan fingerprint density at radius 2 is 1.52 bits per heavy atom. The lowest BCUT2D eigenvalue weighted by Gasteiger charge is -2.34. The van der Waals surface area contributed by atoms with Gasteiger partial charge in [-0.15, -0.1) is 0 Å². The van der Waals surface area contributed by atoms with Gasteiger partial charge < -0.3 is 4.74 Å². The molecule has 2 aromatic rings. The standard InChI is InChI=1S/C18H23NO3S/c1-18(2,3)19(14-15-8-6-5-7-9-15)23(20,21)17-12-10-16(22-4)11-13-17/h5-13H,14H2,1-4H3. The molecule has 0 aliphatic rings. The summed E-state index contributed by atoms with van der Waals surface area (Å²) in [5.41, 5.74) is 0.425. The van der Waals surface area contributed by atoms with Gasteiger partial charge in [0.2, 0.25) is 10.0 Å². The summed E-state index contributed by atoms with van der Waals surface area (Å²) in [6, 6.07) is 16.1. The number of rotatable bonds is 5. The first-order valence-corrected chi connectivity index (χ1v) is 8.90. The van der Waals surface area contributed by atoms with E-state index < -0.39 is 15.6 Å². The highest BCUT2D eigenvalue weighted by atomic mass is 32.2. The van der Waals surface area contributed by atoms with Crippen LogP contribution in [0.2, 0.25) is 0 Å². The zero-order valence-corrected chi connectivity index (χ0v) is 14.8. The van der Waals surface area contributed by atoms with Crippen molar-refractivity contribution < 1.29 is 13.2 Å². The van der Waals surface area contributed by atoms with E-state index in [-0.39, 0.29) is 4.90 Å². The number of hydrogen-bond acceptors (Lipinski definition) is 3. The molecule has 0 atom stereocenters. The molecule has 0 heterocycles. The summed E-state index contributed by atoms with van der Waals surface area (Å²) < 4.78 is 32.8. The molecule has 0 spiro atoms. The minimum absolute atomic E-state index is 0.268. The average molecular weight is 333 g/mol. The predicted molar refractivity (Wildman–Crippen MR) is 91.9 cm³/mol. The fraction of sp³-hybridized carbons (Fsp3) is 0.333. The normalized spacial score (nSPS) is 12.4. The van der Waals surface area contributed by atoms with Crippen molar-refractivity contribution in [2.24, 2.45) is 0 Å². The molecule has 0 fully saturated rings. The van der Waals surface area contributed by atoms with Crippen molar-refractivity contribution in [1.82, 2.24) is 4.31 Å². The largest absolute Gasteiger partial charge is 0.497 e. The van der Waals surface area contributed by atoms with E-state index in [4.69, 9.17) is 4.74 Å². The van der Waals surface area contributed by atoms with Crippen molar-refractivity contribution in [1.29, 1.82) is 0 Å². The van der Waals surface area contributed by atoms with Crippen molar-refractivity contribution in [3.05, 3.63) is 60.2 Å². The van der Waals surface area contributed by atoms with Crippen molar-refractivity contribution >= 4 is 10.0 Å². The minimum atomic E-state index is -3.60. The molecule has 0 unspecified atom stereocenters. The van der Waals surface area contributed by atoms with Crippen LogP contribution in [0, 0.1) is 0 Å². The van der Waals surface area contributed by atoms with E-state index in [9.17, 15) is 8.42 Å². The molecule has 124 valence electrons. The second kappa shape index (κ2) is 6.72. The number of nitrogens with zero attached hydrogens (tertiary/aromatic N) is 1. The number of methoxy groups -OCH3 is 1. The summed E-state index contributed by atoms with van der Waals surface area (Å²) in [5, 5.41) is 0. The van der Waals surface area contributed by atoms with Crippen LogP contribution in [0.25, 0.3) is 0 Å². The summed E-state index contributed by atoms with van der Waals surface area (Å²) >= 11 is 0. The van der Waals surface area contributed by atoms with Gasteiger partial charge in [-0.1, -0.05) is 30.3 Å². The quantitative estimate of drug-likeness (QED) is 0.838. The molecule has 0 bridgehead atoms. The molecule has 2 rings (SSSR count). The van der Waals surface area contributed by atoms with Crippen molar-refractivity contribution in [2.45, 2.75) is 37.8 Å². The highest BCUT2D eigenvalue weighted by Gasteiger charge is 2.34. The Morgan fingerprint density at radius 3 is 2.00 bits per heavy atom. The van der Waals surface area contributed by atoms with Gasteiger partial charge in [-0.2, -0.15) is 4.31 Å². The van der Waals surface area contributed by atoms with Gasteiger partial charge in [-0.3, -0.25) is 0 Å². The van der Waals surface area contributed by atoms with E-state index in [0.717, 1.165) is 5.56 Å². The van der Waals surface area contributed by atoms with Crippen LogP contribution in [-0.2, 0) is 16.6 Å². The van der Waals surface area contributed by atoms with E-state index in [1.807, 2.05) is 51.1 Å². The van der Waals surface area contributed by atoms with Gasteiger partial charge in [0.1, 0.15) is 5.75 Å². The zero-order chi connectivity index (χ0) is 17.1. The summed E-state index contributed by atoms with van der Waals surface area (Å²) in [7, 11) is -2.05. The molecule has 4 nitrogen and oxygen atoms in total. The number of ether oxygens (including phenoxy) is 1. The van der Waals surface area contributed by atoms with Crippen LogP contribution in [-0.4, -0.2) is 25.4 Å². The highest BCUT2D eigenvalue weighted by Crippen LogP contribution is 2.27. The average Bonchev–Trinajstić information content (AvgIpc) is 2.52. The molecule has 0 aliphatic carbocycles. The summed E-state index contributed by atoms with van der Waals surface area (Å²) in [5.74, 6) is 0.634. The maximum absolute atomic E-state index is 13.1. The molecule has 5 heteroatoms. The molecular formula is C18H23NO3S. The van der Waals surface area contributed by atoms with E-state index in [0.29, 0.717) is 12.3 Å². The van der Waals surface area contributed by atoms with Crippen LogP contribution in [0.1, 0.15) is 26.3 Å². The first-order valence-electron chi connectivity index (χ1n) is 7.46. The Balaban J connectivity index is 2.40. The zero-order valence-electron chi connectivity index (χ0n) is 14.0. The smallest absolute Gasteiger partial charge is 0.243 e. The van der Waals surface area contributed by atoms with Crippen LogP contribution < -0.4 is 4.74 Å². The lowest BCUT2D eigenvalue weighted by Crippen LogP contribution is -2.44.